The minimum absolute atomic E-state index is 0.120. The van der Waals surface area contributed by atoms with Gasteiger partial charge < -0.3 is 10.6 Å². The Labute approximate surface area is 162 Å². The number of rotatable bonds is 6. The molecule has 1 aliphatic rings. The van der Waals surface area contributed by atoms with Crippen LogP contribution in [0.5, 0.6) is 0 Å². The second kappa shape index (κ2) is 8.33. The van der Waals surface area contributed by atoms with Gasteiger partial charge in [-0.05, 0) is 48.9 Å². The predicted molar refractivity (Wildman–Crippen MR) is 105 cm³/mol. The molecule has 140 valence electrons. The molecule has 0 bridgehead atoms. The summed E-state index contributed by atoms with van der Waals surface area (Å²) in [6, 6.07) is 13.6. The number of carbonyl (C=O) groups is 3. The Morgan fingerprint density at radius 2 is 1.85 bits per heavy atom. The highest BCUT2D eigenvalue weighted by atomic mass is 35.5. The normalized spacial score (nSPS) is 16.7. The maximum absolute atomic E-state index is 12.6. The molecule has 0 aromatic heterocycles. The molecule has 0 spiro atoms. The third-order valence-electron chi connectivity index (χ3n) is 4.34. The van der Waals surface area contributed by atoms with Crippen molar-refractivity contribution in [1.82, 2.24) is 5.32 Å². The monoisotopic (exact) mass is 385 g/mol. The maximum atomic E-state index is 12.6. The van der Waals surface area contributed by atoms with Gasteiger partial charge in [-0.25, -0.2) is 4.90 Å². The molecule has 2 aromatic carbocycles. The number of hydrogen-bond donors (Lipinski definition) is 2. The largest absolute Gasteiger partial charge is 0.326 e. The average Bonchev–Trinajstić information content (AvgIpc) is 2.91. The fraction of sp³-hybridized carbons (Fsp3) is 0.250. The molecule has 6 nitrogen and oxygen atoms in total. The number of nitrogens with one attached hydrogen (secondary N) is 2. The number of benzene rings is 2. The van der Waals surface area contributed by atoms with Crippen molar-refractivity contribution in [1.29, 1.82) is 0 Å². The summed E-state index contributed by atoms with van der Waals surface area (Å²) in [7, 11) is 0. The van der Waals surface area contributed by atoms with E-state index in [1.165, 1.54) is 11.8 Å². The molecular weight excluding hydrogens is 366 g/mol. The summed E-state index contributed by atoms with van der Waals surface area (Å²) in [4.78, 5) is 37.2. The van der Waals surface area contributed by atoms with E-state index in [-0.39, 0.29) is 24.1 Å². The van der Waals surface area contributed by atoms with Gasteiger partial charge in [0.25, 0.3) is 5.91 Å². The third-order valence-corrected chi connectivity index (χ3v) is 4.70. The maximum Gasteiger partial charge on any atom is 0.251 e. The Hall–Kier alpha value is -2.70. The van der Waals surface area contributed by atoms with Crippen LogP contribution in [0.2, 0.25) is 5.02 Å². The van der Waals surface area contributed by atoms with E-state index in [4.69, 9.17) is 11.6 Å². The summed E-state index contributed by atoms with van der Waals surface area (Å²) in [5.41, 5.74) is 2.10. The number of anilines is 2. The van der Waals surface area contributed by atoms with Crippen molar-refractivity contribution in [2.24, 2.45) is 0 Å². The van der Waals surface area contributed by atoms with Crippen LogP contribution in [0.15, 0.2) is 48.5 Å². The van der Waals surface area contributed by atoms with Gasteiger partial charge >= 0.3 is 0 Å². The highest BCUT2D eigenvalue weighted by molar-refractivity contribution is 6.31. The molecule has 1 fully saturated rings. The average molecular weight is 386 g/mol. The van der Waals surface area contributed by atoms with Gasteiger partial charge in [0.2, 0.25) is 11.8 Å². The molecule has 0 unspecified atom stereocenters. The van der Waals surface area contributed by atoms with Crippen LogP contribution in [0, 0.1) is 0 Å². The van der Waals surface area contributed by atoms with Crippen LogP contribution in [0.25, 0.3) is 0 Å². The highest BCUT2D eigenvalue weighted by Crippen LogP contribution is 2.24. The number of amides is 3. The van der Waals surface area contributed by atoms with E-state index in [0.717, 1.165) is 5.56 Å². The molecule has 0 saturated carbocycles. The van der Waals surface area contributed by atoms with Gasteiger partial charge in [-0.1, -0.05) is 29.8 Å². The lowest BCUT2D eigenvalue weighted by molar-refractivity contribution is -0.121. The van der Waals surface area contributed by atoms with Crippen molar-refractivity contribution in [2.45, 2.75) is 25.8 Å². The fourth-order valence-electron chi connectivity index (χ4n) is 3.04. The summed E-state index contributed by atoms with van der Waals surface area (Å²) in [5, 5.41) is 6.49. The van der Waals surface area contributed by atoms with E-state index < -0.39 is 6.04 Å². The Kier molecular flexibility index (Phi) is 5.88. The Balaban J connectivity index is 1.61. The summed E-state index contributed by atoms with van der Waals surface area (Å²) in [5.74, 6) is -0.701. The number of halogens is 1. The minimum Gasteiger partial charge on any atom is -0.326 e. The Morgan fingerprint density at radius 3 is 2.52 bits per heavy atom. The molecule has 2 N–H and O–H groups in total. The van der Waals surface area contributed by atoms with Crippen molar-refractivity contribution < 1.29 is 14.4 Å². The SMILES string of the molecule is CC(=O)Nc1ccc(N2C(=O)C[C@H](NCCc3ccccc3Cl)C2=O)cc1. The van der Waals surface area contributed by atoms with Crippen molar-refractivity contribution in [2.75, 3.05) is 16.8 Å². The van der Waals surface area contributed by atoms with Crippen LogP contribution in [0.4, 0.5) is 11.4 Å². The highest BCUT2D eigenvalue weighted by Gasteiger charge is 2.39. The van der Waals surface area contributed by atoms with Crippen LogP contribution >= 0.6 is 11.6 Å². The van der Waals surface area contributed by atoms with E-state index in [1.807, 2.05) is 24.3 Å². The second-order valence-corrected chi connectivity index (χ2v) is 6.75. The van der Waals surface area contributed by atoms with Crippen molar-refractivity contribution >= 4 is 40.7 Å². The second-order valence-electron chi connectivity index (χ2n) is 6.35. The molecule has 1 atom stereocenters. The number of nitrogens with zero attached hydrogens (tertiary/aromatic N) is 1. The first kappa shape index (κ1) is 19.1. The molecule has 3 amide bonds. The van der Waals surface area contributed by atoms with Gasteiger partial charge in [0.1, 0.15) is 0 Å². The minimum atomic E-state index is -0.546. The number of hydrogen-bond acceptors (Lipinski definition) is 4. The molecule has 0 radical (unpaired) electrons. The summed E-state index contributed by atoms with van der Waals surface area (Å²) >= 11 is 6.14. The zero-order valence-electron chi connectivity index (χ0n) is 14.9. The van der Waals surface area contributed by atoms with Crippen LogP contribution < -0.4 is 15.5 Å². The van der Waals surface area contributed by atoms with E-state index in [1.54, 1.807) is 24.3 Å². The van der Waals surface area contributed by atoms with Gasteiger partial charge in [0.15, 0.2) is 0 Å². The van der Waals surface area contributed by atoms with Gasteiger partial charge in [-0.2, -0.15) is 0 Å². The standard InChI is InChI=1S/C20H20ClN3O3/c1-13(25)23-15-6-8-16(9-7-15)24-19(26)12-18(20(24)27)22-11-10-14-4-2-3-5-17(14)21/h2-9,18,22H,10-12H2,1H3,(H,23,25)/t18-/m0/s1. The molecule has 1 heterocycles. The van der Waals surface area contributed by atoms with Gasteiger partial charge in [0.05, 0.1) is 18.2 Å². The Morgan fingerprint density at radius 1 is 1.15 bits per heavy atom. The predicted octanol–water partition coefficient (Wildman–Crippen LogP) is 2.76. The van der Waals surface area contributed by atoms with E-state index in [2.05, 4.69) is 10.6 Å². The van der Waals surface area contributed by atoms with Crippen molar-refractivity contribution in [3.05, 3.63) is 59.1 Å². The van der Waals surface area contributed by atoms with Gasteiger partial charge in [-0.3, -0.25) is 14.4 Å². The lowest BCUT2D eigenvalue weighted by Gasteiger charge is -2.16. The van der Waals surface area contributed by atoms with Crippen molar-refractivity contribution in [3.63, 3.8) is 0 Å². The zero-order valence-corrected chi connectivity index (χ0v) is 15.6. The number of imide groups is 1. The van der Waals surface area contributed by atoms with Crippen LogP contribution in [0.3, 0.4) is 0 Å². The first-order valence-corrected chi connectivity index (χ1v) is 9.05. The van der Waals surface area contributed by atoms with Gasteiger partial charge in [-0.15, -0.1) is 0 Å². The lowest BCUT2D eigenvalue weighted by Crippen LogP contribution is -2.39. The van der Waals surface area contributed by atoms with Crippen LogP contribution in [-0.4, -0.2) is 30.3 Å². The molecular formula is C20H20ClN3O3. The van der Waals surface area contributed by atoms with Gasteiger partial charge in [0, 0.05) is 17.6 Å². The summed E-state index contributed by atoms with van der Waals surface area (Å²) < 4.78 is 0. The van der Waals surface area contributed by atoms with E-state index >= 15 is 0 Å². The first-order valence-electron chi connectivity index (χ1n) is 8.67. The molecule has 0 aliphatic carbocycles. The zero-order chi connectivity index (χ0) is 19.4. The van der Waals surface area contributed by atoms with E-state index in [9.17, 15) is 14.4 Å². The molecule has 27 heavy (non-hydrogen) atoms. The lowest BCUT2D eigenvalue weighted by atomic mass is 10.1. The first-order chi connectivity index (χ1) is 13.0. The molecule has 1 aliphatic heterocycles. The topological polar surface area (TPSA) is 78.5 Å². The Bertz CT molecular complexity index is 867. The van der Waals surface area contributed by atoms with Crippen LogP contribution in [0.1, 0.15) is 18.9 Å². The fourth-order valence-corrected chi connectivity index (χ4v) is 3.27. The van der Waals surface area contributed by atoms with E-state index in [0.29, 0.717) is 29.4 Å². The summed E-state index contributed by atoms with van der Waals surface area (Å²) in [6.07, 6.45) is 0.790. The summed E-state index contributed by atoms with van der Waals surface area (Å²) in [6.45, 7) is 1.96. The molecule has 7 heteroatoms. The van der Waals surface area contributed by atoms with Crippen molar-refractivity contribution in [3.8, 4) is 0 Å². The van der Waals surface area contributed by atoms with Crippen LogP contribution in [-0.2, 0) is 20.8 Å². The smallest absolute Gasteiger partial charge is 0.251 e. The molecule has 3 rings (SSSR count). The molecule has 1 saturated heterocycles. The molecule has 2 aromatic rings. The number of carbonyl (C=O) groups excluding carboxylic acids is 3. The third kappa shape index (κ3) is 4.53. The quantitative estimate of drug-likeness (QED) is 0.749.